The summed E-state index contributed by atoms with van der Waals surface area (Å²) in [5.41, 5.74) is -2.09. The largest absolute Gasteiger partial charge is 0.393 e. The highest BCUT2D eigenvalue weighted by atomic mass is 16.3. The molecule has 3 heteroatoms. The van der Waals surface area contributed by atoms with Crippen LogP contribution >= 0.6 is 0 Å². The van der Waals surface area contributed by atoms with Crippen molar-refractivity contribution in [3.63, 3.8) is 0 Å². The van der Waals surface area contributed by atoms with E-state index in [4.69, 9.17) is 0 Å². The third-order valence-corrected chi connectivity index (χ3v) is 10.8. The highest BCUT2D eigenvalue weighted by Crippen LogP contribution is 2.68. The number of allylic oxidation sites excluding steroid dienone is 2. The normalized spacial score (nSPS) is 51.4. The van der Waals surface area contributed by atoms with Crippen LogP contribution in [0.5, 0.6) is 0 Å². The van der Waals surface area contributed by atoms with Gasteiger partial charge in [-0.3, -0.25) is 0 Å². The molecule has 0 aromatic heterocycles. The fourth-order valence-electron chi connectivity index (χ4n) is 8.33. The fourth-order valence-corrected chi connectivity index (χ4v) is 8.33. The zero-order chi connectivity index (χ0) is 22.8. The van der Waals surface area contributed by atoms with Crippen LogP contribution in [0.25, 0.3) is 0 Å². The Morgan fingerprint density at radius 3 is 2.26 bits per heavy atom. The van der Waals surface area contributed by atoms with Gasteiger partial charge in [0.15, 0.2) is 0 Å². The lowest BCUT2D eigenvalue weighted by molar-refractivity contribution is -0.220. The van der Waals surface area contributed by atoms with Crippen molar-refractivity contribution in [2.45, 2.75) is 104 Å². The Kier molecular flexibility index (Phi) is 5.84. The van der Waals surface area contributed by atoms with Crippen molar-refractivity contribution >= 4 is 0 Å². The summed E-state index contributed by atoms with van der Waals surface area (Å²) >= 11 is 0. The molecular weight excluding hydrogens is 384 g/mol. The van der Waals surface area contributed by atoms with E-state index in [1.807, 2.05) is 12.2 Å². The lowest BCUT2D eigenvalue weighted by atomic mass is 9.43. The van der Waals surface area contributed by atoms with Crippen LogP contribution < -0.4 is 0 Å². The SMILES string of the molecule is CC(C)C(C)C=CC(C)C1CCC2C3(O)C=CC4(O)CC(O)CCC4(C)C3CCC12C. The molecule has 0 aromatic carbocycles. The van der Waals surface area contributed by atoms with Gasteiger partial charge in [0.25, 0.3) is 0 Å². The molecule has 3 fully saturated rings. The smallest absolute Gasteiger partial charge is 0.0910 e. The van der Waals surface area contributed by atoms with Gasteiger partial charge >= 0.3 is 0 Å². The van der Waals surface area contributed by atoms with Crippen molar-refractivity contribution in [1.29, 1.82) is 0 Å². The third kappa shape index (κ3) is 3.40. The standard InChI is InChI=1S/C28H46O3/c1-18(2)19(3)7-8-20(4)22-9-10-23-25(22,5)13-12-24-26(6)14-11-21(29)17-27(26,30)15-16-28(23,24)31/h7-8,15-16,18-24,29-31H,9-14,17H2,1-6H3. The first-order valence-corrected chi connectivity index (χ1v) is 12.9. The minimum atomic E-state index is -1.00. The van der Waals surface area contributed by atoms with Gasteiger partial charge in [-0.2, -0.15) is 0 Å². The number of hydrogen-bond acceptors (Lipinski definition) is 3. The molecule has 3 N–H and O–H groups in total. The van der Waals surface area contributed by atoms with E-state index < -0.39 is 17.3 Å². The van der Waals surface area contributed by atoms with E-state index in [0.29, 0.717) is 30.1 Å². The summed E-state index contributed by atoms with van der Waals surface area (Å²) in [6.45, 7) is 13.8. The maximum atomic E-state index is 12.2. The van der Waals surface area contributed by atoms with Gasteiger partial charge in [0.2, 0.25) is 0 Å². The quantitative estimate of drug-likeness (QED) is 0.516. The van der Waals surface area contributed by atoms with Gasteiger partial charge in [0.1, 0.15) is 0 Å². The Morgan fingerprint density at radius 1 is 0.871 bits per heavy atom. The summed E-state index contributed by atoms with van der Waals surface area (Å²) in [4.78, 5) is 0. The van der Waals surface area contributed by atoms with E-state index in [9.17, 15) is 15.3 Å². The van der Waals surface area contributed by atoms with Crippen LogP contribution in [0.15, 0.2) is 24.3 Å². The van der Waals surface area contributed by atoms with Gasteiger partial charge < -0.3 is 15.3 Å². The highest BCUT2D eigenvalue weighted by Gasteiger charge is 2.68. The third-order valence-electron chi connectivity index (χ3n) is 10.8. The molecule has 4 rings (SSSR count). The number of aliphatic hydroxyl groups is 3. The Bertz CT molecular complexity index is 743. The van der Waals surface area contributed by atoms with Crippen LogP contribution in [0.1, 0.15) is 86.5 Å². The predicted octanol–water partition coefficient (Wildman–Crippen LogP) is 5.50. The zero-order valence-corrected chi connectivity index (χ0v) is 20.6. The van der Waals surface area contributed by atoms with Gasteiger partial charge in [-0.25, -0.2) is 0 Å². The van der Waals surface area contributed by atoms with Crippen molar-refractivity contribution in [2.75, 3.05) is 0 Å². The predicted molar refractivity (Wildman–Crippen MR) is 126 cm³/mol. The van der Waals surface area contributed by atoms with Crippen LogP contribution in [0.4, 0.5) is 0 Å². The molecule has 0 bridgehead atoms. The second-order valence-corrected chi connectivity index (χ2v) is 12.6. The van der Waals surface area contributed by atoms with Crippen LogP contribution in [0.3, 0.4) is 0 Å². The topological polar surface area (TPSA) is 60.7 Å². The van der Waals surface area contributed by atoms with Gasteiger partial charge in [0.05, 0.1) is 17.3 Å². The molecule has 0 saturated heterocycles. The van der Waals surface area contributed by atoms with Crippen LogP contribution in [-0.4, -0.2) is 32.6 Å². The summed E-state index contributed by atoms with van der Waals surface area (Å²) in [7, 11) is 0. The molecule has 0 aliphatic heterocycles. The Hall–Kier alpha value is -0.640. The maximum Gasteiger partial charge on any atom is 0.0910 e. The van der Waals surface area contributed by atoms with E-state index in [1.165, 1.54) is 6.42 Å². The Balaban J connectivity index is 1.62. The first-order valence-electron chi connectivity index (χ1n) is 12.9. The molecule has 0 amide bonds. The van der Waals surface area contributed by atoms with Crippen molar-refractivity contribution in [1.82, 2.24) is 0 Å². The van der Waals surface area contributed by atoms with Gasteiger partial charge in [-0.05, 0) is 73.5 Å². The Morgan fingerprint density at radius 2 is 1.58 bits per heavy atom. The van der Waals surface area contributed by atoms with Crippen molar-refractivity contribution in [3.05, 3.63) is 24.3 Å². The molecule has 0 spiro atoms. The van der Waals surface area contributed by atoms with E-state index in [-0.39, 0.29) is 22.7 Å². The van der Waals surface area contributed by atoms with Crippen molar-refractivity contribution < 1.29 is 15.3 Å². The van der Waals surface area contributed by atoms with Gasteiger partial charge in [-0.1, -0.05) is 65.8 Å². The molecule has 3 nitrogen and oxygen atoms in total. The molecule has 3 saturated carbocycles. The molecule has 31 heavy (non-hydrogen) atoms. The van der Waals surface area contributed by atoms with Crippen LogP contribution in [0, 0.1) is 46.3 Å². The minimum Gasteiger partial charge on any atom is -0.393 e. The van der Waals surface area contributed by atoms with Crippen molar-refractivity contribution in [3.8, 4) is 0 Å². The van der Waals surface area contributed by atoms with Gasteiger partial charge in [0, 0.05) is 17.8 Å². The lowest BCUT2D eigenvalue weighted by Crippen LogP contribution is -2.67. The average Bonchev–Trinajstić information content (AvgIpc) is 3.05. The summed E-state index contributed by atoms with van der Waals surface area (Å²) in [6.07, 6.45) is 14.4. The summed E-state index contributed by atoms with van der Waals surface area (Å²) in [5, 5.41) is 34.0. The first-order chi connectivity index (χ1) is 14.4. The highest BCUT2D eigenvalue weighted by molar-refractivity contribution is 5.31. The zero-order valence-electron chi connectivity index (χ0n) is 20.6. The second-order valence-electron chi connectivity index (χ2n) is 12.6. The summed E-state index contributed by atoms with van der Waals surface area (Å²) in [5.74, 6) is 2.66. The molecule has 0 aromatic rings. The van der Waals surface area contributed by atoms with E-state index in [1.54, 1.807) is 0 Å². The monoisotopic (exact) mass is 430 g/mol. The van der Waals surface area contributed by atoms with E-state index in [2.05, 4.69) is 53.7 Å². The number of hydrogen-bond donors (Lipinski definition) is 3. The average molecular weight is 431 g/mol. The maximum absolute atomic E-state index is 12.2. The van der Waals surface area contributed by atoms with E-state index >= 15 is 0 Å². The first kappa shape index (κ1) is 23.5. The molecule has 0 radical (unpaired) electrons. The molecule has 4 aliphatic rings. The molecule has 4 aliphatic carbocycles. The second kappa shape index (κ2) is 7.71. The number of rotatable bonds is 4. The molecular formula is C28H46O3. The lowest BCUT2D eigenvalue weighted by Gasteiger charge is -2.64. The fraction of sp³-hybridized carbons (Fsp3) is 0.857. The molecule has 10 unspecified atom stereocenters. The van der Waals surface area contributed by atoms with E-state index in [0.717, 1.165) is 32.1 Å². The minimum absolute atomic E-state index is 0.0612. The van der Waals surface area contributed by atoms with Gasteiger partial charge in [-0.15, -0.1) is 0 Å². The van der Waals surface area contributed by atoms with Crippen LogP contribution in [0.2, 0.25) is 0 Å². The summed E-state index contributed by atoms with van der Waals surface area (Å²) < 4.78 is 0. The van der Waals surface area contributed by atoms with Crippen molar-refractivity contribution in [2.24, 2.45) is 46.3 Å². The Labute approximate surface area is 190 Å². The molecule has 0 heterocycles. The number of aliphatic hydroxyl groups excluding tert-OH is 1. The van der Waals surface area contributed by atoms with Crippen LogP contribution in [-0.2, 0) is 0 Å². The molecule has 176 valence electrons. The number of fused-ring (bicyclic) bond motifs is 5. The summed E-state index contributed by atoms with van der Waals surface area (Å²) in [6, 6.07) is 0. The molecule has 10 atom stereocenters.